The van der Waals surface area contributed by atoms with E-state index in [-0.39, 0.29) is 6.61 Å². The molecule has 5 heteroatoms. The summed E-state index contributed by atoms with van der Waals surface area (Å²) in [5, 5.41) is 13.0. The third-order valence-electron chi connectivity index (χ3n) is 2.00. The maximum Gasteiger partial charge on any atom is 0.136 e. The van der Waals surface area contributed by atoms with Gasteiger partial charge in [0.15, 0.2) is 0 Å². The monoisotopic (exact) mass is 180 g/mol. The van der Waals surface area contributed by atoms with Gasteiger partial charge in [-0.3, -0.25) is 0 Å². The summed E-state index contributed by atoms with van der Waals surface area (Å²) in [7, 11) is 0. The van der Waals surface area contributed by atoms with Gasteiger partial charge in [0, 0.05) is 31.5 Å². The summed E-state index contributed by atoms with van der Waals surface area (Å²) in [6.07, 6.45) is 3.74. The average molecular weight is 180 g/mol. The molecule has 0 aliphatic heterocycles. The molecule has 2 heterocycles. The molecular formula is C8H12N4O. The zero-order valence-corrected chi connectivity index (χ0v) is 7.22. The van der Waals surface area contributed by atoms with E-state index in [2.05, 4.69) is 5.10 Å². The van der Waals surface area contributed by atoms with Gasteiger partial charge in [0.1, 0.15) is 5.65 Å². The van der Waals surface area contributed by atoms with E-state index >= 15 is 0 Å². The topological polar surface area (TPSA) is 68.5 Å². The van der Waals surface area contributed by atoms with Crippen molar-refractivity contribution in [1.29, 1.82) is 0 Å². The molecule has 0 atom stereocenters. The second-order valence-electron chi connectivity index (χ2n) is 2.86. The third-order valence-corrected chi connectivity index (χ3v) is 2.00. The molecule has 0 saturated heterocycles. The summed E-state index contributed by atoms with van der Waals surface area (Å²) in [5.41, 5.74) is 7.29. The highest BCUT2D eigenvalue weighted by Gasteiger charge is 2.03. The molecule has 2 rings (SSSR count). The molecule has 70 valence electrons. The second kappa shape index (κ2) is 3.20. The molecule has 3 N–H and O–H groups in total. The van der Waals surface area contributed by atoms with Gasteiger partial charge in [0.05, 0.1) is 12.3 Å². The van der Waals surface area contributed by atoms with Crippen LogP contribution >= 0.6 is 0 Å². The highest BCUT2D eigenvalue weighted by atomic mass is 16.3. The number of hydrogen-bond acceptors (Lipinski definition) is 3. The van der Waals surface area contributed by atoms with Crippen molar-refractivity contribution in [3.05, 3.63) is 24.2 Å². The van der Waals surface area contributed by atoms with Gasteiger partial charge in [-0.25, -0.2) is 4.52 Å². The molecule has 0 bridgehead atoms. The predicted molar refractivity (Wildman–Crippen MR) is 48.2 cm³/mol. The number of aliphatic hydroxyl groups is 1. The summed E-state index contributed by atoms with van der Waals surface area (Å²) < 4.78 is 3.70. The summed E-state index contributed by atoms with van der Waals surface area (Å²) in [4.78, 5) is 0. The van der Waals surface area contributed by atoms with Crippen LogP contribution in [0.15, 0.2) is 18.5 Å². The van der Waals surface area contributed by atoms with Crippen LogP contribution in [0.25, 0.3) is 5.65 Å². The van der Waals surface area contributed by atoms with Crippen LogP contribution in [0, 0.1) is 0 Å². The normalized spacial score (nSPS) is 11.2. The largest absolute Gasteiger partial charge is 0.395 e. The molecule has 2 aromatic heterocycles. The molecule has 13 heavy (non-hydrogen) atoms. The predicted octanol–water partition coefficient (Wildman–Crippen LogP) is -0.413. The van der Waals surface area contributed by atoms with Crippen LogP contribution < -0.4 is 5.73 Å². The minimum Gasteiger partial charge on any atom is -0.395 e. The van der Waals surface area contributed by atoms with Crippen molar-refractivity contribution in [2.24, 2.45) is 5.73 Å². The molecule has 5 nitrogen and oxygen atoms in total. The Bertz CT molecular complexity index is 403. The molecule has 0 aliphatic carbocycles. The van der Waals surface area contributed by atoms with E-state index in [0.717, 1.165) is 11.3 Å². The molecule has 2 aromatic rings. The summed E-state index contributed by atoms with van der Waals surface area (Å²) in [6, 6.07) is 1.93. The molecule has 0 unspecified atom stereocenters. The zero-order chi connectivity index (χ0) is 9.26. The maximum atomic E-state index is 8.79. The standard InChI is InChI=1S/C8H12N4O/c9-6-7-5-8-11(3-4-13)1-2-12(8)10-7/h1-2,5,13H,3-4,6,9H2. The van der Waals surface area contributed by atoms with Gasteiger partial charge in [-0.1, -0.05) is 0 Å². The van der Waals surface area contributed by atoms with Crippen LogP contribution in [-0.2, 0) is 13.1 Å². The van der Waals surface area contributed by atoms with Crippen molar-refractivity contribution in [2.75, 3.05) is 6.61 Å². The molecule has 0 fully saturated rings. The highest BCUT2D eigenvalue weighted by molar-refractivity contribution is 5.41. The van der Waals surface area contributed by atoms with Crippen molar-refractivity contribution in [1.82, 2.24) is 14.2 Å². The average Bonchev–Trinajstić information content (AvgIpc) is 2.67. The third kappa shape index (κ3) is 1.32. The number of rotatable bonds is 3. The lowest BCUT2D eigenvalue weighted by Gasteiger charge is -1.97. The fourth-order valence-electron chi connectivity index (χ4n) is 1.37. The van der Waals surface area contributed by atoms with Gasteiger partial charge in [-0.15, -0.1) is 0 Å². The number of aliphatic hydroxyl groups excluding tert-OH is 1. The van der Waals surface area contributed by atoms with E-state index in [9.17, 15) is 0 Å². The Morgan fingerprint density at radius 2 is 2.31 bits per heavy atom. The van der Waals surface area contributed by atoms with Crippen molar-refractivity contribution >= 4 is 5.65 Å². The van der Waals surface area contributed by atoms with Gasteiger partial charge in [0.2, 0.25) is 0 Å². The number of aromatic nitrogens is 3. The molecule has 0 amide bonds. The van der Waals surface area contributed by atoms with Gasteiger partial charge in [-0.05, 0) is 0 Å². The van der Waals surface area contributed by atoms with Crippen molar-refractivity contribution in [2.45, 2.75) is 13.1 Å². The summed E-state index contributed by atoms with van der Waals surface area (Å²) in [5.74, 6) is 0. The lowest BCUT2D eigenvalue weighted by atomic mass is 10.4. The number of hydrogen-bond donors (Lipinski definition) is 2. The van der Waals surface area contributed by atoms with Gasteiger partial charge < -0.3 is 15.4 Å². The molecule has 0 aliphatic rings. The Kier molecular flexibility index (Phi) is 2.03. The Morgan fingerprint density at radius 1 is 1.46 bits per heavy atom. The van der Waals surface area contributed by atoms with Gasteiger partial charge in [-0.2, -0.15) is 5.10 Å². The zero-order valence-electron chi connectivity index (χ0n) is 7.22. The number of nitrogens with two attached hydrogens (primary N) is 1. The van der Waals surface area contributed by atoms with Crippen molar-refractivity contribution in [3.8, 4) is 0 Å². The molecule has 0 spiro atoms. The second-order valence-corrected chi connectivity index (χ2v) is 2.86. The van der Waals surface area contributed by atoms with Crippen LogP contribution in [0.2, 0.25) is 0 Å². The van der Waals surface area contributed by atoms with E-state index < -0.39 is 0 Å². The smallest absolute Gasteiger partial charge is 0.136 e. The van der Waals surface area contributed by atoms with Crippen LogP contribution in [0.3, 0.4) is 0 Å². The Hall–Kier alpha value is -1.33. The van der Waals surface area contributed by atoms with E-state index in [0.29, 0.717) is 13.1 Å². The number of imidazole rings is 1. The van der Waals surface area contributed by atoms with Crippen LogP contribution in [0.1, 0.15) is 5.69 Å². The van der Waals surface area contributed by atoms with E-state index in [1.807, 2.05) is 23.0 Å². The Balaban J connectivity index is 2.46. The quantitative estimate of drug-likeness (QED) is 0.674. The number of nitrogens with zero attached hydrogens (tertiary/aromatic N) is 3. The van der Waals surface area contributed by atoms with Crippen molar-refractivity contribution in [3.63, 3.8) is 0 Å². The maximum absolute atomic E-state index is 8.79. The van der Waals surface area contributed by atoms with E-state index in [1.54, 1.807) is 4.52 Å². The highest BCUT2D eigenvalue weighted by Crippen LogP contribution is 2.07. The van der Waals surface area contributed by atoms with Gasteiger partial charge >= 0.3 is 0 Å². The fourth-order valence-corrected chi connectivity index (χ4v) is 1.37. The lowest BCUT2D eigenvalue weighted by Crippen LogP contribution is -1.99. The van der Waals surface area contributed by atoms with Crippen LogP contribution in [-0.4, -0.2) is 25.9 Å². The van der Waals surface area contributed by atoms with E-state index in [4.69, 9.17) is 10.8 Å². The Labute approximate surface area is 75.4 Å². The minimum absolute atomic E-state index is 0.132. The molecule has 0 saturated carbocycles. The lowest BCUT2D eigenvalue weighted by molar-refractivity contribution is 0.278. The first kappa shape index (κ1) is 8.28. The van der Waals surface area contributed by atoms with Crippen LogP contribution in [0.4, 0.5) is 0 Å². The van der Waals surface area contributed by atoms with Gasteiger partial charge in [0.25, 0.3) is 0 Å². The first-order valence-corrected chi connectivity index (χ1v) is 4.19. The Morgan fingerprint density at radius 3 is 3.00 bits per heavy atom. The first-order chi connectivity index (χ1) is 6.35. The van der Waals surface area contributed by atoms with Crippen LogP contribution in [0.5, 0.6) is 0 Å². The summed E-state index contributed by atoms with van der Waals surface area (Å²) >= 11 is 0. The summed E-state index contributed by atoms with van der Waals surface area (Å²) in [6.45, 7) is 1.17. The number of fused-ring (bicyclic) bond motifs is 1. The van der Waals surface area contributed by atoms with Crippen molar-refractivity contribution < 1.29 is 5.11 Å². The molecular weight excluding hydrogens is 168 g/mol. The molecule has 0 aromatic carbocycles. The molecule has 0 radical (unpaired) electrons. The minimum atomic E-state index is 0.132. The fraction of sp³-hybridized carbons (Fsp3) is 0.375. The SMILES string of the molecule is NCc1cc2n(CCO)ccn2n1. The first-order valence-electron chi connectivity index (χ1n) is 4.19. The van der Waals surface area contributed by atoms with E-state index in [1.165, 1.54) is 0 Å².